The number of halogens is 3. The number of nitrogens with zero attached hydrogens (tertiary/aromatic N) is 1. The minimum atomic E-state index is -0.787. The Morgan fingerprint density at radius 3 is 2.60 bits per heavy atom. The van der Waals surface area contributed by atoms with Crippen molar-refractivity contribution in [1.82, 2.24) is 10.2 Å². The van der Waals surface area contributed by atoms with Gasteiger partial charge in [0.15, 0.2) is 0 Å². The highest BCUT2D eigenvalue weighted by molar-refractivity contribution is 9.10. The largest absolute Gasteiger partial charge is 0.488 e. The molecule has 0 bridgehead atoms. The van der Waals surface area contributed by atoms with E-state index in [0.29, 0.717) is 25.8 Å². The first-order valence-electron chi connectivity index (χ1n) is 8.66. The van der Waals surface area contributed by atoms with Gasteiger partial charge in [0.2, 0.25) is 0 Å². The Labute approximate surface area is 191 Å². The van der Waals surface area contributed by atoms with E-state index in [1.54, 1.807) is 36.4 Å². The van der Waals surface area contributed by atoms with Gasteiger partial charge in [0, 0.05) is 32.2 Å². The van der Waals surface area contributed by atoms with Crippen LogP contribution in [0, 0.1) is 0 Å². The molecule has 1 N–H and O–H groups in total. The predicted octanol–water partition coefficient (Wildman–Crippen LogP) is 4.98. The predicted molar refractivity (Wildman–Crippen MR) is 118 cm³/mol. The maximum Gasteiger partial charge on any atom is 0.331 e. The molecule has 0 saturated carbocycles. The van der Waals surface area contributed by atoms with Crippen LogP contribution in [0.3, 0.4) is 0 Å². The summed E-state index contributed by atoms with van der Waals surface area (Å²) in [5.41, 5.74) is 1.00. The van der Waals surface area contributed by atoms with Gasteiger partial charge < -0.3 is 4.74 Å². The number of barbiturate groups is 1. The summed E-state index contributed by atoms with van der Waals surface area (Å²) in [6.07, 6.45) is 2.78. The minimum absolute atomic E-state index is 0.0216. The van der Waals surface area contributed by atoms with E-state index in [2.05, 4.69) is 27.8 Å². The van der Waals surface area contributed by atoms with Gasteiger partial charge in [0.1, 0.15) is 17.9 Å². The van der Waals surface area contributed by atoms with Crippen LogP contribution < -0.4 is 10.1 Å². The minimum Gasteiger partial charge on any atom is -0.488 e. The number of carbonyl (C=O) groups is 3. The molecule has 1 aliphatic rings. The SMILES string of the molecule is C=CCN1C(=O)NC(=O)C(=Cc2cc(Br)ccc2OCc2ccc(Cl)cc2Cl)C1=O. The van der Waals surface area contributed by atoms with Crippen LogP contribution >= 0.6 is 39.1 Å². The Morgan fingerprint density at radius 2 is 1.90 bits per heavy atom. The molecule has 0 atom stereocenters. The highest BCUT2D eigenvalue weighted by Gasteiger charge is 2.35. The van der Waals surface area contributed by atoms with Gasteiger partial charge in [-0.1, -0.05) is 51.3 Å². The normalized spacial score (nSPS) is 15.4. The molecule has 1 fully saturated rings. The average molecular weight is 510 g/mol. The molecule has 0 aromatic heterocycles. The first kappa shape index (κ1) is 22.1. The van der Waals surface area contributed by atoms with Gasteiger partial charge in [-0.05, 0) is 36.4 Å². The fraction of sp³-hybridized carbons (Fsp3) is 0.0952. The fourth-order valence-corrected chi connectivity index (χ4v) is 3.54. The summed E-state index contributed by atoms with van der Waals surface area (Å²) in [7, 11) is 0. The number of rotatable bonds is 6. The number of imide groups is 2. The standard InChI is InChI=1S/C21H15BrCl2N2O4/c1-2-7-26-20(28)16(19(27)25-21(26)29)9-13-8-14(22)4-6-18(13)30-11-12-3-5-15(23)10-17(12)24/h2-6,8-10H,1,7,11H2,(H,25,27,29). The van der Waals surface area contributed by atoms with Crippen LogP contribution in [-0.4, -0.2) is 29.3 Å². The molecule has 3 rings (SSSR count). The van der Waals surface area contributed by atoms with Gasteiger partial charge >= 0.3 is 6.03 Å². The molecule has 2 aromatic carbocycles. The van der Waals surface area contributed by atoms with E-state index in [4.69, 9.17) is 27.9 Å². The second-order valence-electron chi connectivity index (χ2n) is 6.23. The van der Waals surface area contributed by atoms with Crippen LogP contribution in [0.2, 0.25) is 10.0 Å². The van der Waals surface area contributed by atoms with Gasteiger partial charge in [-0.2, -0.15) is 0 Å². The summed E-state index contributed by atoms with van der Waals surface area (Å²) in [6, 6.07) is 9.43. The maximum absolute atomic E-state index is 12.6. The van der Waals surface area contributed by atoms with E-state index in [1.165, 1.54) is 12.2 Å². The number of amides is 4. The molecule has 1 aliphatic heterocycles. The summed E-state index contributed by atoms with van der Waals surface area (Å²) in [5.74, 6) is -1.07. The van der Waals surface area contributed by atoms with E-state index in [9.17, 15) is 14.4 Å². The molecule has 1 heterocycles. The first-order valence-corrected chi connectivity index (χ1v) is 10.2. The third kappa shape index (κ3) is 4.92. The average Bonchev–Trinajstić information content (AvgIpc) is 2.69. The molecule has 2 aromatic rings. The van der Waals surface area contributed by atoms with E-state index in [-0.39, 0.29) is 18.7 Å². The Hall–Kier alpha value is -2.61. The second-order valence-corrected chi connectivity index (χ2v) is 7.99. The van der Waals surface area contributed by atoms with E-state index in [0.717, 1.165) is 10.5 Å². The Balaban J connectivity index is 1.92. The third-order valence-corrected chi connectivity index (χ3v) is 5.25. The molecule has 0 unspecified atom stereocenters. The first-order chi connectivity index (χ1) is 14.3. The van der Waals surface area contributed by atoms with Crippen LogP contribution in [0.5, 0.6) is 5.75 Å². The molecule has 30 heavy (non-hydrogen) atoms. The highest BCUT2D eigenvalue weighted by atomic mass is 79.9. The second kappa shape index (κ2) is 9.47. The van der Waals surface area contributed by atoms with Crippen molar-refractivity contribution in [1.29, 1.82) is 0 Å². The molecule has 4 amide bonds. The van der Waals surface area contributed by atoms with Crippen molar-refractivity contribution in [2.75, 3.05) is 6.54 Å². The van der Waals surface area contributed by atoms with Gasteiger partial charge in [-0.3, -0.25) is 19.8 Å². The molecule has 0 aliphatic carbocycles. The summed E-state index contributed by atoms with van der Waals surface area (Å²) in [5, 5.41) is 3.12. The number of ether oxygens (including phenoxy) is 1. The number of urea groups is 1. The van der Waals surface area contributed by atoms with Crippen molar-refractivity contribution in [2.24, 2.45) is 0 Å². The highest BCUT2D eigenvalue weighted by Crippen LogP contribution is 2.29. The van der Waals surface area contributed by atoms with Gasteiger partial charge in [-0.25, -0.2) is 4.79 Å². The summed E-state index contributed by atoms with van der Waals surface area (Å²) >= 11 is 15.5. The molecular weight excluding hydrogens is 495 g/mol. The van der Waals surface area contributed by atoms with Gasteiger partial charge in [0.25, 0.3) is 11.8 Å². The maximum atomic E-state index is 12.6. The third-order valence-electron chi connectivity index (χ3n) is 4.17. The molecule has 9 heteroatoms. The van der Waals surface area contributed by atoms with E-state index < -0.39 is 17.8 Å². The lowest BCUT2D eigenvalue weighted by atomic mass is 10.1. The van der Waals surface area contributed by atoms with Gasteiger partial charge in [0.05, 0.1) is 0 Å². The Kier molecular flexibility index (Phi) is 6.97. The summed E-state index contributed by atoms with van der Waals surface area (Å²) in [4.78, 5) is 37.7. The summed E-state index contributed by atoms with van der Waals surface area (Å²) < 4.78 is 6.59. The Morgan fingerprint density at radius 1 is 1.13 bits per heavy atom. The zero-order valence-electron chi connectivity index (χ0n) is 15.5. The lowest BCUT2D eigenvalue weighted by Gasteiger charge is -2.25. The monoisotopic (exact) mass is 508 g/mol. The molecule has 0 radical (unpaired) electrons. The molecular formula is C21H15BrCl2N2O4. The van der Waals surface area contributed by atoms with Crippen LogP contribution in [0.15, 0.2) is 59.1 Å². The van der Waals surface area contributed by atoms with Crippen LogP contribution in [-0.2, 0) is 16.2 Å². The number of carbonyl (C=O) groups excluding carboxylic acids is 3. The molecule has 1 saturated heterocycles. The number of hydrogen-bond donors (Lipinski definition) is 1. The van der Waals surface area contributed by atoms with Crippen LogP contribution in [0.1, 0.15) is 11.1 Å². The lowest BCUT2D eigenvalue weighted by Crippen LogP contribution is -2.54. The number of hydrogen-bond acceptors (Lipinski definition) is 4. The van der Waals surface area contributed by atoms with Crippen molar-refractivity contribution in [3.63, 3.8) is 0 Å². The molecule has 0 spiro atoms. The summed E-state index contributed by atoms with van der Waals surface area (Å²) in [6.45, 7) is 3.65. The zero-order valence-corrected chi connectivity index (χ0v) is 18.6. The van der Waals surface area contributed by atoms with Crippen molar-refractivity contribution < 1.29 is 19.1 Å². The number of nitrogens with one attached hydrogen (secondary N) is 1. The lowest BCUT2D eigenvalue weighted by molar-refractivity contribution is -0.129. The van der Waals surface area contributed by atoms with Crippen molar-refractivity contribution in [3.8, 4) is 5.75 Å². The van der Waals surface area contributed by atoms with E-state index >= 15 is 0 Å². The smallest absolute Gasteiger partial charge is 0.331 e. The Bertz CT molecular complexity index is 1080. The topological polar surface area (TPSA) is 75.7 Å². The van der Waals surface area contributed by atoms with Crippen molar-refractivity contribution >= 4 is 63.1 Å². The fourth-order valence-electron chi connectivity index (χ4n) is 2.70. The van der Waals surface area contributed by atoms with Crippen molar-refractivity contribution in [3.05, 3.63) is 80.3 Å². The molecule has 154 valence electrons. The van der Waals surface area contributed by atoms with E-state index in [1.807, 2.05) is 0 Å². The van der Waals surface area contributed by atoms with Crippen LogP contribution in [0.4, 0.5) is 4.79 Å². The molecule has 6 nitrogen and oxygen atoms in total. The zero-order chi connectivity index (χ0) is 21.8. The van der Waals surface area contributed by atoms with Crippen molar-refractivity contribution in [2.45, 2.75) is 6.61 Å². The quantitative estimate of drug-likeness (QED) is 0.338. The number of benzene rings is 2. The van der Waals surface area contributed by atoms with Gasteiger partial charge in [-0.15, -0.1) is 6.58 Å². The van der Waals surface area contributed by atoms with Crippen LogP contribution in [0.25, 0.3) is 6.08 Å².